The van der Waals surface area contributed by atoms with Crippen LogP contribution < -0.4 is 0 Å². The topological polar surface area (TPSA) is 17.3 Å². The van der Waals surface area contributed by atoms with Gasteiger partial charge < -0.3 is 4.57 Å². The van der Waals surface area contributed by atoms with Crippen molar-refractivity contribution in [2.24, 2.45) is 4.99 Å². The molecule has 1 heterocycles. The van der Waals surface area contributed by atoms with E-state index >= 15 is 0 Å². The number of hydrogen-bond acceptors (Lipinski definition) is 1. The first-order valence-corrected chi connectivity index (χ1v) is 9.48. The number of nitrogens with zero attached hydrogens (tertiary/aromatic N) is 2. The molecule has 0 bridgehead atoms. The Morgan fingerprint density at radius 1 is 0.889 bits per heavy atom. The molecule has 3 aromatic carbocycles. The van der Waals surface area contributed by atoms with Crippen LogP contribution in [-0.2, 0) is 6.42 Å². The van der Waals surface area contributed by atoms with Gasteiger partial charge in [0.1, 0.15) is 0 Å². The van der Waals surface area contributed by atoms with Gasteiger partial charge in [0.25, 0.3) is 0 Å². The van der Waals surface area contributed by atoms with Crippen molar-refractivity contribution in [3.63, 3.8) is 0 Å². The molecule has 2 heteroatoms. The summed E-state index contributed by atoms with van der Waals surface area (Å²) in [6.45, 7) is 6.54. The standard InChI is InChI=1S/C25H24N2/c1-4-20-10-6-8-15-25(20)27-18(2)16-22(19(27)3)17-26-24-14-9-12-21-11-5-7-13-23(21)24/h5-17H,4H2,1-3H3. The summed E-state index contributed by atoms with van der Waals surface area (Å²) in [5.74, 6) is 0. The number of aryl methyl sites for hydroxylation is 2. The molecule has 4 rings (SSSR count). The average Bonchev–Trinajstić information content (AvgIpc) is 2.99. The zero-order valence-corrected chi connectivity index (χ0v) is 16.1. The van der Waals surface area contributed by atoms with Crippen molar-refractivity contribution >= 4 is 22.7 Å². The SMILES string of the molecule is CCc1ccccc1-n1c(C)cc(C=Nc2cccc3ccccc23)c1C. The number of fused-ring (bicyclic) bond motifs is 1. The van der Waals surface area contributed by atoms with Crippen LogP contribution in [0.15, 0.2) is 77.8 Å². The maximum atomic E-state index is 4.82. The van der Waals surface area contributed by atoms with Crippen molar-refractivity contribution in [3.8, 4) is 5.69 Å². The fourth-order valence-corrected chi connectivity index (χ4v) is 3.78. The molecule has 0 aliphatic carbocycles. The summed E-state index contributed by atoms with van der Waals surface area (Å²) in [5, 5.41) is 2.40. The summed E-state index contributed by atoms with van der Waals surface area (Å²) < 4.78 is 2.34. The van der Waals surface area contributed by atoms with Crippen molar-refractivity contribution in [2.45, 2.75) is 27.2 Å². The Labute approximate surface area is 160 Å². The van der Waals surface area contributed by atoms with Crippen LogP contribution >= 0.6 is 0 Å². The third kappa shape index (κ3) is 3.19. The van der Waals surface area contributed by atoms with E-state index in [1.165, 1.54) is 33.4 Å². The predicted octanol–water partition coefficient (Wildman–Crippen LogP) is 6.56. The quantitative estimate of drug-likeness (QED) is 0.370. The molecule has 2 nitrogen and oxygen atoms in total. The van der Waals surface area contributed by atoms with Gasteiger partial charge in [-0.25, -0.2) is 0 Å². The summed E-state index contributed by atoms with van der Waals surface area (Å²) >= 11 is 0. The first-order chi connectivity index (χ1) is 13.2. The first kappa shape index (κ1) is 17.3. The Hall–Kier alpha value is -3.13. The van der Waals surface area contributed by atoms with Gasteiger partial charge in [-0.05, 0) is 49.4 Å². The van der Waals surface area contributed by atoms with Gasteiger partial charge in [0.15, 0.2) is 0 Å². The lowest BCUT2D eigenvalue weighted by molar-refractivity contribution is 0.937. The molecular formula is C25H24N2. The Morgan fingerprint density at radius 3 is 2.48 bits per heavy atom. The van der Waals surface area contributed by atoms with E-state index in [0.29, 0.717) is 0 Å². The molecule has 0 N–H and O–H groups in total. The highest BCUT2D eigenvalue weighted by Crippen LogP contribution is 2.27. The Kier molecular flexibility index (Phi) is 4.64. The number of rotatable bonds is 4. The first-order valence-electron chi connectivity index (χ1n) is 9.48. The van der Waals surface area contributed by atoms with Crippen LogP contribution in [0, 0.1) is 13.8 Å². The normalized spacial score (nSPS) is 11.5. The van der Waals surface area contributed by atoms with E-state index in [1.807, 2.05) is 6.21 Å². The predicted molar refractivity (Wildman–Crippen MR) is 116 cm³/mol. The van der Waals surface area contributed by atoms with Crippen molar-refractivity contribution < 1.29 is 0 Å². The van der Waals surface area contributed by atoms with Crippen LogP contribution in [-0.4, -0.2) is 10.8 Å². The monoisotopic (exact) mass is 352 g/mol. The molecule has 0 radical (unpaired) electrons. The molecule has 0 fully saturated rings. The molecule has 0 unspecified atom stereocenters. The highest BCUT2D eigenvalue weighted by atomic mass is 15.0. The van der Waals surface area contributed by atoms with Gasteiger partial charge in [0, 0.05) is 34.2 Å². The van der Waals surface area contributed by atoms with Gasteiger partial charge in [-0.15, -0.1) is 0 Å². The zero-order chi connectivity index (χ0) is 18.8. The minimum Gasteiger partial charge on any atom is -0.318 e. The van der Waals surface area contributed by atoms with Gasteiger partial charge in [-0.3, -0.25) is 4.99 Å². The van der Waals surface area contributed by atoms with E-state index in [2.05, 4.69) is 98.1 Å². The van der Waals surface area contributed by atoms with Gasteiger partial charge >= 0.3 is 0 Å². The molecule has 0 saturated carbocycles. The molecule has 0 aliphatic heterocycles. The largest absolute Gasteiger partial charge is 0.318 e. The van der Waals surface area contributed by atoms with Crippen LogP contribution in [0.2, 0.25) is 0 Å². The third-order valence-electron chi connectivity index (χ3n) is 5.19. The number of para-hydroxylation sites is 1. The Morgan fingerprint density at radius 2 is 1.63 bits per heavy atom. The van der Waals surface area contributed by atoms with Gasteiger partial charge in [0.2, 0.25) is 0 Å². The smallest absolute Gasteiger partial charge is 0.0708 e. The van der Waals surface area contributed by atoms with E-state index in [0.717, 1.165) is 17.7 Å². The summed E-state index contributed by atoms with van der Waals surface area (Å²) in [5.41, 5.74) is 7.24. The second kappa shape index (κ2) is 7.24. The Balaban J connectivity index is 1.77. The highest BCUT2D eigenvalue weighted by molar-refractivity contribution is 5.95. The van der Waals surface area contributed by atoms with Crippen molar-refractivity contribution in [1.29, 1.82) is 0 Å². The highest BCUT2D eigenvalue weighted by Gasteiger charge is 2.11. The molecule has 0 atom stereocenters. The fourth-order valence-electron chi connectivity index (χ4n) is 3.78. The van der Waals surface area contributed by atoms with Crippen molar-refractivity contribution in [3.05, 3.63) is 95.3 Å². The number of benzene rings is 3. The summed E-state index contributed by atoms with van der Waals surface area (Å²) in [6, 6.07) is 25.5. The van der Waals surface area contributed by atoms with E-state index < -0.39 is 0 Å². The summed E-state index contributed by atoms with van der Waals surface area (Å²) in [7, 11) is 0. The van der Waals surface area contributed by atoms with Gasteiger partial charge in [0.05, 0.1) is 5.69 Å². The second-order valence-corrected chi connectivity index (χ2v) is 6.90. The molecule has 0 saturated heterocycles. The van der Waals surface area contributed by atoms with Crippen LogP contribution in [0.1, 0.15) is 29.4 Å². The van der Waals surface area contributed by atoms with E-state index in [9.17, 15) is 0 Å². The van der Waals surface area contributed by atoms with Crippen LogP contribution in [0.25, 0.3) is 16.5 Å². The van der Waals surface area contributed by atoms with Gasteiger partial charge in [-0.1, -0.05) is 61.5 Å². The van der Waals surface area contributed by atoms with E-state index in [4.69, 9.17) is 4.99 Å². The molecule has 0 aliphatic rings. The summed E-state index contributed by atoms with van der Waals surface area (Å²) in [6.07, 6.45) is 3.02. The van der Waals surface area contributed by atoms with E-state index in [1.54, 1.807) is 0 Å². The molecule has 0 amide bonds. The lowest BCUT2D eigenvalue weighted by Crippen LogP contribution is -2.03. The number of aliphatic imine (C=N–C) groups is 1. The van der Waals surface area contributed by atoms with Crippen LogP contribution in [0.4, 0.5) is 5.69 Å². The fraction of sp³-hybridized carbons (Fsp3) is 0.160. The molecule has 134 valence electrons. The second-order valence-electron chi connectivity index (χ2n) is 6.90. The molecule has 4 aromatic rings. The average molecular weight is 352 g/mol. The molecule has 27 heavy (non-hydrogen) atoms. The summed E-state index contributed by atoms with van der Waals surface area (Å²) in [4.78, 5) is 4.82. The molecule has 1 aromatic heterocycles. The third-order valence-corrected chi connectivity index (χ3v) is 5.19. The van der Waals surface area contributed by atoms with Crippen molar-refractivity contribution in [2.75, 3.05) is 0 Å². The molecular weight excluding hydrogens is 328 g/mol. The molecule has 0 spiro atoms. The maximum absolute atomic E-state index is 4.82. The minimum atomic E-state index is 1.01. The van der Waals surface area contributed by atoms with Crippen molar-refractivity contribution in [1.82, 2.24) is 4.57 Å². The number of aromatic nitrogens is 1. The minimum absolute atomic E-state index is 1.01. The van der Waals surface area contributed by atoms with Crippen LogP contribution in [0.3, 0.4) is 0 Å². The lowest BCUT2D eigenvalue weighted by Gasteiger charge is -2.13. The lowest BCUT2D eigenvalue weighted by atomic mass is 10.1. The van der Waals surface area contributed by atoms with E-state index in [-0.39, 0.29) is 0 Å². The van der Waals surface area contributed by atoms with Crippen LogP contribution in [0.5, 0.6) is 0 Å². The Bertz CT molecular complexity index is 1130. The zero-order valence-electron chi connectivity index (χ0n) is 16.1. The number of hydrogen-bond donors (Lipinski definition) is 0. The van der Waals surface area contributed by atoms with Gasteiger partial charge in [-0.2, -0.15) is 0 Å². The maximum Gasteiger partial charge on any atom is 0.0708 e.